The van der Waals surface area contributed by atoms with Crippen LogP contribution in [0.1, 0.15) is 0 Å². The summed E-state index contributed by atoms with van der Waals surface area (Å²) in [5, 5.41) is 17.8. The molecule has 1 aliphatic rings. The van der Waals surface area contributed by atoms with E-state index in [-0.39, 0.29) is 31.8 Å². The molecule has 1 aromatic rings. The predicted octanol–water partition coefficient (Wildman–Crippen LogP) is -1.47. The van der Waals surface area contributed by atoms with E-state index in [1.807, 2.05) is 0 Å². The average Bonchev–Trinajstić information content (AvgIpc) is 2.39. The molecule has 0 amide bonds. The van der Waals surface area contributed by atoms with Gasteiger partial charge in [0.2, 0.25) is 10.0 Å². The van der Waals surface area contributed by atoms with Crippen LogP contribution < -0.4 is 5.46 Å². The first-order valence-electron chi connectivity index (χ1n) is 5.66. The van der Waals surface area contributed by atoms with Crippen molar-refractivity contribution in [1.29, 1.82) is 0 Å². The van der Waals surface area contributed by atoms with Gasteiger partial charge in [-0.05, 0) is 17.6 Å². The fraction of sp³-hybridized carbons (Fsp3) is 0.400. The molecule has 1 fully saturated rings. The molecule has 9 heteroatoms. The Morgan fingerprint density at radius 1 is 1.26 bits per heavy atom. The maximum atomic E-state index is 13.8. The van der Waals surface area contributed by atoms with Crippen LogP contribution in [0.2, 0.25) is 0 Å². The van der Waals surface area contributed by atoms with Crippen LogP contribution in [0.15, 0.2) is 23.1 Å². The molecule has 0 spiro atoms. The number of halogens is 1. The molecule has 0 aromatic heterocycles. The Morgan fingerprint density at radius 2 is 1.89 bits per heavy atom. The fourth-order valence-corrected chi connectivity index (χ4v) is 3.27. The zero-order chi connectivity index (χ0) is 14.0. The zero-order valence-electron chi connectivity index (χ0n) is 9.99. The third kappa shape index (κ3) is 2.95. The number of nitrogens with zero attached hydrogens (tertiary/aromatic N) is 1. The third-order valence-electron chi connectivity index (χ3n) is 2.84. The summed E-state index contributed by atoms with van der Waals surface area (Å²) in [7, 11) is -5.76. The molecule has 2 rings (SSSR count). The largest absolute Gasteiger partial charge is 0.488 e. The molecule has 0 atom stereocenters. The molecule has 2 N–H and O–H groups in total. The Hall–Kier alpha value is -0.995. The van der Waals surface area contributed by atoms with E-state index in [4.69, 9.17) is 14.8 Å². The Labute approximate surface area is 110 Å². The van der Waals surface area contributed by atoms with Crippen LogP contribution in [0.25, 0.3) is 0 Å². The van der Waals surface area contributed by atoms with Crippen molar-refractivity contribution in [3.63, 3.8) is 0 Å². The number of benzene rings is 1. The summed E-state index contributed by atoms with van der Waals surface area (Å²) >= 11 is 0. The van der Waals surface area contributed by atoms with Crippen molar-refractivity contribution in [3.05, 3.63) is 24.0 Å². The number of sulfonamides is 1. The van der Waals surface area contributed by atoms with Crippen LogP contribution in [-0.4, -0.2) is 56.2 Å². The van der Waals surface area contributed by atoms with E-state index in [1.54, 1.807) is 0 Å². The monoisotopic (exact) mass is 289 g/mol. The van der Waals surface area contributed by atoms with Gasteiger partial charge in [-0.25, -0.2) is 12.8 Å². The van der Waals surface area contributed by atoms with Gasteiger partial charge in [0.25, 0.3) is 0 Å². The van der Waals surface area contributed by atoms with E-state index in [0.717, 1.165) is 16.4 Å². The Bertz CT molecular complexity index is 559. The zero-order valence-corrected chi connectivity index (χ0v) is 10.8. The Morgan fingerprint density at radius 3 is 2.42 bits per heavy atom. The second-order valence-corrected chi connectivity index (χ2v) is 5.99. The Balaban J connectivity index is 2.35. The predicted molar refractivity (Wildman–Crippen MR) is 65.8 cm³/mol. The van der Waals surface area contributed by atoms with Gasteiger partial charge in [0.15, 0.2) is 0 Å². The summed E-state index contributed by atoms with van der Waals surface area (Å²) in [4.78, 5) is -0.473. The van der Waals surface area contributed by atoms with Gasteiger partial charge in [-0.15, -0.1) is 0 Å². The quantitative estimate of drug-likeness (QED) is 0.663. The van der Waals surface area contributed by atoms with Gasteiger partial charge in [-0.3, -0.25) is 0 Å². The maximum Gasteiger partial charge on any atom is 0.488 e. The molecule has 104 valence electrons. The van der Waals surface area contributed by atoms with Gasteiger partial charge in [-0.2, -0.15) is 4.31 Å². The number of rotatable bonds is 3. The van der Waals surface area contributed by atoms with Gasteiger partial charge >= 0.3 is 7.12 Å². The van der Waals surface area contributed by atoms with E-state index in [2.05, 4.69) is 0 Å². The fourth-order valence-electron chi connectivity index (χ4n) is 1.81. The van der Waals surface area contributed by atoms with Crippen LogP contribution in [0.3, 0.4) is 0 Å². The van der Waals surface area contributed by atoms with Crippen molar-refractivity contribution < 1.29 is 27.6 Å². The highest BCUT2D eigenvalue weighted by Crippen LogP contribution is 2.19. The van der Waals surface area contributed by atoms with Gasteiger partial charge in [-0.1, -0.05) is 6.07 Å². The lowest BCUT2D eigenvalue weighted by Crippen LogP contribution is -2.41. The van der Waals surface area contributed by atoms with Crippen LogP contribution in [-0.2, 0) is 14.8 Å². The van der Waals surface area contributed by atoms with Crippen LogP contribution >= 0.6 is 0 Å². The first-order valence-corrected chi connectivity index (χ1v) is 7.10. The van der Waals surface area contributed by atoms with E-state index < -0.39 is 27.9 Å². The van der Waals surface area contributed by atoms with Gasteiger partial charge < -0.3 is 14.8 Å². The molecular formula is C10H13BFNO5S. The lowest BCUT2D eigenvalue weighted by molar-refractivity contribution is 0.0729. The first-order chi connectivity index (χ1) is 8.93. The van der Waals surface area contributed by atoms with Crippen molar-refractivity contribution in [3.8, 4) is 0 Å². The Kier molecular flexibility index (Phi) is 4.21. The highest BCUT2D eigenvalue weighted by atomic mass is 32.2. The van der Waals surface area contributed by atoms with E-state index >= 15 is 0 Å². The second-order valence-electron chi connectivity index (χ2n) is 4.08. The van der Waals surface area contributed by atoms with Crippen LogP contribution in [0, 0.1) is 5.82 Å². The lowest BCUT2D eigenvalue weighted by atomic mass is 9.80. The molecule has 1 heterocycles. The molecule has 1 aliphatic heterocycles. The number of hydrogen-bond acceptors (Lipinski definition) is 5. The summed E-state index contributed by atoms with van der Waals surface area (Å²) in [5.41, 5.74) is -0.0987. The summed E-state index contributed by atoms with van der Waals surface area (Å²) in [6.45, 7) is 0.890. The van der Waals surface area contributed by atoms with Crippen molar-refractivity contribution in [2.24, 2.45) is 0 Å². The molecule has 1 aromatic carbocycles. The molecular weight excluding hydrogens is 276 g/mol. The van der Waals surface area contributed by atoms with Gasteiger partial charge in [0, 0.05) is 13.1 Å². The summed E-state index contributed by atoms with van der Waals surface area (Å²) in [6.07, 6.45) is 0. The second kappa shape index (κ2) is 5.55. The summed E-state index contributed by atoms with van der Waals surface area (Å²) < 4.78 is 44.4. The summed E-state index contributed by atoms with van der Waals surface area (Å²) in [5.74, 6) is -1.00. The molecule has 19 heavy (non-hydrogen) atoms. The lowest BCUT2D eigenvalue weighted by Gasteiger charge is -2.26. The van der Waals surface area contributed by atoms with E-state index in [9.17, 15) is 12.8 Å². The third-order valence-corrected chi connectivity index (χ3v) is 4.77. The molecule has 6 nitrogen and oxygen atoms in total. The standard InChI is InChI=1S/C10H13BFNO5S/c12-9-7-8(11(14)15)1-2-10(9)19(16,17)13-3-5-18-6-4-13/h1-2,7,14-15H,3-6H2. The summed E-state index contributed by atoms with van der Waals surface area (Å²) in [6, 6.07) is 3.01. The smallest absolute Gasteiger partial charge is 0.423 e. The van der Waals surface area contributed by atoms with Crippen molar-refractivity contribution in [1.82, 2.24) is 4.31 Å². The topological polar surface area (TPSA) is 87.1 Å². The molecule has 1 saturated heterocycles. The minimum atomic E-state index is -3.92. The molecule has 0 unspecified atom stereocenters. The van der Waals surface area contributed by atoms with Gasteiger partial charge in [0.05, 0.1) is 13.2 Å². The number of morpholine rings is 1. The highest BCUT2D eigenvalue weighted by Gasteiger charge is 2.29. The van der Waals surface area contributed by atoms with Crippen LogP contribution in [0.5, 0.6) is 0 Å². The first kappa shape index (κ1) is 14.4. The SMILES string of the molecule is O=S(=O)(c1ccc(B(O)O)cc1F)N1CCOCC1. The van der Waals surface area contributed by atoms with Crippen molar-refractivity contribution in [2.45, 2.75) is 4.90 Å². The number of ether oxygens (including phenoxy) is 1. The number of hydrogen-bond donors (Lipinski definition) is 2. The van der Waals surface area contributed by atoms with Crippen molar-refractivity contribution >= 4 is 22.6 Å². The highest BCUT2D eigenvalue weighted by molar-refractivity contribution is 7.89. The minimum Gasteiger partial charge on any atom is -0.423 e. The molecule has 0 aliphatic carbocycles. The van der Waals surface area contributed by atoms with Crippen molar-refractivity contribution in [2.75, 3.05) is 26.3 Å². The molecule has 0 bridgehead atoms. The minimum absolute atomic E-state index is 0.0987. The maximum absolute atomic E-state index is 13.8. The molecule has 0 saturated carbocycles. The normalized spacial score (nSPS) is 17.4. The van der Waals surface area contributed by atoms with Gasteiger partial charge in [0.1, 0.15) is 10.7 Å². The van der Waals surface area contributed by atoms with Crippen LogP contribution in [0.4, 0.5) is 4.39 Å². The van der Waals surface area contributed by atoms with E-state index in [0.29, 0.717) is 0 Å². The average molecular weight is 289 g/mol. The molecule has 0 radical (unpaired) electrons. The van der Waals surface area contributed by atoms with E-state index in [1.165, 1.54) is 6.07 Å².